The summed E-state index contributed by atoms with van der Waals surface area (Å²) in [6.45, 7) is -0.660. The monoisotopic (exact) mass is 643 g/mol. The van der Waals surface area contributed by atoms with E-state index >= 15 is 0 Å². The molecule has 0 unspecified atom stereocenters. The summed E-state index contributed by atoms with van der Waals surface area (Å²) in [6, 6.07) is 32.7. The molecule has 1 heterocycles. The molecule has 1 aliphatic rings. The fourth-order valence-electron chi connectivity index (χ4n) is 4.70. The van der Waals surface area contributed by atoms with Crippen molar-refractivity contribution in [3.8, 4) is 11.5 Å². The van der Waals surface area contributed by atoms with Crippen LogP contribution in [0.25, 0.3) is 0 Å². The lowest BCUT2D eigenvalue weighted by molar-refractivity contribution is -0.290. The number of anilines is 3. The summed E-state index contributed by atoms with van der Waals surface area (Å²) in [5.41, 5.74) is 1.21. The highest BCUT2D eigenvalue weighted by atomic mass is 16.7. The first-order chi connectivity index (χ1) is 22.9. The van der Waals surface area contributed by atoms with Gasteiger partial charge in [0.15, 0.2) is 24.6 Å². The number of amides is 3. The SMILES string of the molecule is CO[C@H]1O[C@H](CO)[C@@H](OC(=O)Nc2ccc(Oc3ccccc3)cc2)[C@H](OC(=O)Nc2ccccc2)[C@@H]1OC(=O)Nc1ccccc1. The van der Waals surface area contributed by atoms with Gasteiger partial charge in [0.2, 0.25) is 0 Å². The van der Waals surface area contributed by atoms with Crippen molar-refractivity contribution < 1.29 is 47.9 Å². The number of nitrogens with one attached hydrogen (secondary N) is 3. The Kier molecular flexibility index (Phi) is 11.2. The van der Waals surface area contributed by atoms with Crippen molar-refractivity contribution >= 4 is 35.3 Å². The average Bonchev–Trinajstić information content (AvgIpc) is 3.08. The molecule has 244 valence electrons. The average molecular weight is 644 g/mol. The highest BCUT2D eigenvalue weighted by molar-refractivity contribution is 5.86. The number of carbonyl (C=O) groups is 3. The number of hydrogen-bond acceptors (Lipinski definition) is 10. The van der Waals surface area contributed by atoms with Crippen LogP contribution in [-0.4, -0.2) is 67.8 Å². The lowest BCUT2D eigenvalue weighted by Gasteiger charge is -2.43. The summed E-state index contributed by atoms with van der Waals surface area (Å²) < 4.78 is 34.0. The number of para-hydroxylation sites is 3. The molecule has 47 heavy (non-hydrogen) atoms. The molecule has 0 saturated carbocycles. The summed E-state index contributed by atoms with van der Waals surface area (Å²) >= 11 is 0. The predicted molar refractivity (Wildman–Crippen MR) is 170 cm³/mol. The van der Waals surface area contributed by atoms with Crippen molar-refractivity contribution in [2.75, 3.05) is 29.7 Å². The van der Waals surface area contributed by atoms with E-state index in [1.165, 1.54) is 7.11 Å². The summed E-state index contributed by atoms with van der Waals surface area (Å²) in [7, 11) is 1.28. The number of rotatable bonds is 10. The third-order valence-corrected chi connectivity index (χ3v) is 6.85. The van der Waals surface area contributed by atoms with Gasteiger partial charge < -0.3 is 33.5 Å². The lowest BCUT2D eigenvalue weighted by Crippen LogP contribution is -2.63. The number of methoxy groups -OCH3 is 1. The fraction of sp³-hybridized carbons (Fsp3) is 0.206. The summed E-state index contributed by atoms with van der Waals surface area (Å²) in [5, 5.41) is 17.9. The second-order valence-electron chi connectivity index (χ2n) is 10.1. The highest BCUT2D eigenvalue weighted by Gasteiger charge is 2.52. The molecule has 13 heteroatoms. The zero-order valence-corrected chi connectivity index (χ0v) is 25.2. The molecular weight excluding hydrogens is 610 g/mol. The third-order valence-electron chi connectivity index (χ3n) is 6.85. The van der Waals surface area contributed by atoms with Crippen LogP contribution in [0.3, 0.4) is 0 Å². The van der Waals surface area contributed by atoms with E-state index in [9.17, 15) is 19.5 Å². The number of aliphatic hydroxyl groups excluding tert-OH is 1. The Morgan fingerprint density at radius 2 is 1.02 bits per heavy atom. The van der Waals surface area contributed by atoms with Gasteiger partial charge in [0.1, 0.15) is 17.6 Å². The Labute approximate surface area is 270 Å². The fourth-order valence-corrected chi connectivity index (χ4v) is 4.70. The summed E-state index contributed by atoms with van der Waals surface area (Å²) in [5.74, 6) is 1.18. The standard InChI is InChI=1S/C34H33N3O10/c1-42-31-30(47-34(41)36-23-13-7-3-8-14-23)29(46-33(40)35-22-11-5-2-6-12-22)28(27(21-38)44-31)45-32(39)37-24-17-19-26(20-18-24)43-25-15-9-4-10-16-25/h2-20,27-31,38H,21H2,1H3,(H,35,40)(H,36,41)(H,37,39)/t27-,28-,29+,30+,31+/m1/s1. The Balaban J connectivity index is 1.34. The molecule has 0 spiro atoms. The molecule has 0 radical (unpaired) electrons. The van der Waals surface area contributed by atoms with Gasteiger partial charge in [-0.3, -0.25) is 16.0 Å². The van der Waals surface area contributed by atoms with Crippen molar-refractivity contribution in [1.29, 1.82) is 0 Å². The molecule has 4 aromatic carbocycles. The van der Waals surface area contributed by atoms with Crippen molar-refractivity contribution in [1.82, 2.24) is 0 Å². The number of aliphatic hydroxyl groups is 1. The zero-order chi connectivity index (χ0) is 33.0. The van der Waals surface area contributed by atoms with E-state index in [2.05, 4.69) is 16.0 Å². The minimum absolute atomic E-state index is 0.358. The van der Waals surface area contributed by atoms with Crippen molar-refractivity contribution in [2.45, 2.75) is 30.7 Å². The second kappa shape index (κ2) is 16.1. The molecule has 3 amide bonds. The van der Waals surface area contributed by atoms with Gasteiger partial charge in [-0.2, -0.15) is 0 Å². The van der Waals surface area contributed by atoms with Gasteiger partial charge in [0.05, 0.1) is 6.61 Å². The van der Waals surface area contributed by atoms with Crippen LogP contribution in [-0.2, 0) is 23.7 Å². The van der Waals surface area contributed by atoms with Gasteiger partial charge in [-0.05, 0) is 60.7 Å². The second-order valence-corrected chi connectivity index (χ2v) is 10.1. The van der Waals surface area contributed by atoms with Crippen LogP contribution in [0.4, 0.5) is 31.4 Å². The third kappa shape index (κ3) is 9.20. The first-order valence-electron chi connectivity index (χ1n) is 14.6. The Morgan fingerprint density at radius 3 is 1.51 bits per heavy atom. The van der Waals surface area contributed by atoms with E-state index in [0.29, 0.717) is 28.6 Å². The van der Waals surface area contributed by atoms with Crippen LogP contribution < -0.4 is 20.7 Å². The van der Waals surface area contributed by atoms with Crippen LogP contribution in [0.5, 0.6) is 11.5 Å². The van der Waals surface area contributed by atoms with E-state index in [1.807, 2.05) is 30.3 Å². The van der Waals surface area contributed by atoms with Crippen LogP contribution in [0.15, 0.2) is 115 Å². The van der Waals surface area contributed by atoms with E-state index in [1.54, 1.807) is 84.9 Å². The minimum atomic E-state index is -1.50. The first kappa shape index (κ1) is 32.8. The normalized spacial score (nSPS) is 20.3. The molecule has 5 atom stereocenters. The molecule has 4 N–H and O–H groups in total. The smallest absolute Gasteiger partial charge is 0.412 e. The molecule has 5 rings (SSSR count). The highest BCUT2D eigenvalue weighted by Crippen LogP contribution is 2.30. The zero-order valence-electron chi connectivity index (χ0n) is 25.2. The van der Waals surface area contributed by atoms with Crippen LogP contribution in [0.1, 0.15) is 0 Å². The van der Waals surface area contributed by atoms with Crippen LogP contribution in [0, 0.1) is 0 Å². The van der Waals surface area contributed by atoms with E-state index < -0.39 is 55.6 Å². The maximum Gasteiger partial charge on any atom is 0.412 e. The lowest BCUT2D eigenvalue weighted by atomic mass is 9.98. The largest absolute Gasteiger partial charge is 0.457 e. The predicted octanol–water partition coefficient (Wildman–Crippen LogP) is 5.99. The van der Waals surface area contributed by atoms with Gasteiger partial charge in [-0.25, -0.2) is 14.4 Å². The van der Waals surface area contributed by atoms with Crippen LogP contribution >= 0.6 is 0 Å². The van der Waals surface area contributed by atoms with Crippen LogP contribution in [0.2, 0.25) is 0 Å². The Morgan fingerprint density at radius 1 is 0.596 bits per heavy atom. The number of carbonyl (C=O) groups excluding carboxylic acids is 3. The quantitative estimate of drug-likeness (QED) is 0.151. The first-order valence-corrected chi connectivity index (χ1v) is 14.6. The Hall–Kier alpha value is -5.63. The number of ether oxygens (including phenoxy) is 6. The Bertz CT molecular complexity index is 1590. The van der Waals surface area contributed by atoms with Gasteiger partial charge in [0, 0.05) is 24.2 Å². The molecule has 0 bridgehead atoms. The minimum Gasteiger partial charge on any atom is -0.457 e. The molecule has 13 nitrogen and oxygen atoms in total. The van der Waals surface area contributed by atoms with Crippen molar-refractivity contribution in [3.63, 3.8) is 0 Å². The maximum atomic E-state index is 13.2. The van der Waals surface area contributed by atoms with E-state index in [0.717, 1.165) is 0 Å². The van der Waals surface area contributed by atoms with Gasteiger partial charge >= 0.3 is 18.3 Å². The van der Waals surface area contributed by atoms with Gasteiger partial charge in [0.25, 0.3) is 0 Å². The van der Waals surface area contributed by atoms with Crippen molar-refractivity contribution in [2.24, 2.45) is 0 Å². The molecule has 4 aromatic rings. The van der Waals surface area contributed by atoms with Gasteiger partial charge in [-0.1, -0.05) is 54.6 Å². The molecular formula is C34H33N3O10. The molecule has 1 saturated heterocycles. The molecule has 0 aliphatic carbocycles. The topological polar surface area (TPSA) is 163 Å². The van der Waals surface area contributed by atoms with E-state index in [-0.39, 0.29) is 0 Å². The van der Waals surface area contributed by atoms with Crippen molar-refractivity contribution in [3.05, 3.63) is 115 Å². The van der Waals surface area contributed by atoms with E-state index in [4.69, 9.17) is 28.4 Å². The summed E-state index contributed by atoms with van der Waals surface area (Å²) in [4.78, 5) is 39.2. The van der Waals surface area contributed by atoms with Gasteiger partial charge in [-0.15, -0.1) is 0 Å². The summed E-state index contributed by atoms with van der Waals surface area (Å²) in [6.07, 6.45) is -9.79. The number of hydrogen-bond donors (Lipinski definition) is 4. The molecule has 1 fully saturated rings. The number of benzene rings is 4. The molecule has 0 aromatic heterocycles. The molecule has 1 aliphatic heterocycles. The maximum absolute atomic E-state index is 13.2.